The molecule has 0 aliphatic rings. The van der Waals surface area contributed by atoms with Crippen LogP contribution in [0.25, 0.3) is 6.08 Å². The SMILES string of the molecule is O=C(C=Cc1ccc(O)c(O)c1)Nc1ccccc1CO[N+](=O)[O-]. The summed E-state index contributed by atoms with van der Waals surface area (Å²) >= 11 is 0. The van der Waals surface area contributed by atoms with E-state index in [1.807, 2.05) is 0 Å². The van der Waals surface area contributed by atoms with Crippen molar-refractivity contribution in [2.45, 2.75) is 6.61 Å². The molecule has 2 aromatic carbocycles. The van der Waals surface area contributed by atoms with Gasteiger partial charge in [0.15, 0.2) is 11.5 Å². The van der Waals surface area contributed by atoms with Crippen molar-refractivity contribution in [2.24, 2.45) is 0 Å². The molecule has 0 heterocycles. The van der Waals surface area contributed by atoms with Crippen LogP contribution in [0, 0.1) is 10.1 Å². The monoisotopic (exact) mass is 330 g/mol. The maximum absolute atomic E-state index is 11.9. The highest BCUT2D eigenvalue weighted by Gasteiger charge is 2.06. The molecule has 24 heavy (non-hydrogen) atoms. The van der Waals surface area contributed by atoms with Crippen molar-refractivity contribution in [1.82, 2.24) is 0 Å². The summed E-state index contributed by atoms with van der Waals surface area (Å²) in [5.41, 5.74) is 1.37. The lowest BCUT2D eigenvalue weighted by Crippen LogP contribution is -2.11. The number of nitrogens with one attached hydrogen (secondary N) is 1. The Hall–Kier alpha value is -3.55. The number of carbonyl (C=O) groups is 1. The van der Waals surface area contributed by atoms with E-state index >= 15 is 0 Å². The van der Waals surface area contributed by atoms with E-state index in [0.717, 1.165) is 0 Å². The first-order valence-corrected chi connectivity index (χ1v) is 6.82. The fourth-order valence-electron chi connectivity index (χ4n) is 1.88. The molecule has 0 fully saturated rings. The fraction of sp³-hybridized carbons (Fsp3) is 0.0625. The molecule has 0 radical (unpaired) electrons. The molecule has 0 aromatic heterocycles. The summed E-state index contributed by atoms with van der Waals surface area (Å²) < 4.78 is 0. The standard InChI is InChI=1S/C16H14N2O6/c19-14-7-5-11(9-15(14)20)6-8-16(21)17-13-4-2-1-3-12(13)10-24-18(22)23/h1-9,19-20H,10H2,(H,17,21). The molecule has 0 unspecified atom stereocenters. The van der Waals surface area contributed by atoms with Gasteiger partial charge in [-0.15, -0.1) is 10.1 Å². The highest BCUT2D eigenvalue weighted by atomic mass is 16.9. The van der Waals surface area contributed by atoms with E-state index in [9.17, 15) is 25.1 Å². The van der Waals surface area contributed by atoms with Gasteiger partial charge in [0.1, 0.15) is 6.61 Å². The van der Waals surface area contributed by atoms with Gasteiger partial charge in [-0.25, -0.2) is 0 Å². The molecule has 2 rings (SSSR count). The summed E-state index contributed by atoms with van der Waals surface area (Å²) in [6, 6.07) is 10.7. The van der Waals surface area contributed by atoms with Crippen molar-refractivity contribution >= 4 is 17.7 Å². The summed E-state index contributed by atoms with van der Waals surface area (Å²) in [5, 5.41) is 30.6. The van der Waals surface area contributed by atoms with Crippen LogP contribution in [0.4, 0.5) is 5.69 Å². The van der Waals surface area contributed by atoms with Gasteiger partial charge in [0, 0.05) is 17.3 Å². The highest BCUT2D eigenvalue weighted by molar-refractivity contribution is 6.02. The van der Waals surface area contributed by atoms with Gasteiger partial charge < -0.3 is 20.4 Å². The molecule has 0 saturated carbocycles. The van der Waals surface area contributed by atoms with Gasteiger partial charge in [-0.1, -0.05) is 24.3 Å². The molecule has 0 saturated heterocycles. The molecular formula is C16H14N2O6. The number of amides is 1. The minimum Gasteiger partial charge on any atom is -0.504 e. The van der Waals surface area contributed by atoms with Gasteiger partial charge in [-0.05, 0) is 29.8 Å². The van der Waals surface area contributed by atoms with E-state index in [1.165, 1.54) is 30.4 Å². The van der Waals surface area contributed by atoms with Gasteiger partial charge >= 0.3 is 0 Å². The minimum atomic E-state index is -0.907. The van der Waals surface area contributed by atoms with Crippen LogP contribution in [0.5, 0.6) is 11.5 Å². The zero-order valence-electron chi connectivity index (χ0n) is 12.4. The number of carbonyl (C=O) groups excluding carboxylic acids is 1. The lowest BCUT2D eigenvalue weighted by Gasteiger charge is -2.08. The van der Waals surface area contributed by atoms with E-state index in [2.05, 4.69) is 10.2 Å². The largest absolute Gasteiger partial charge is 0.504 e. The maximum Gasteiger partial charge on any atom is 0.294 e. The Labute approximate surface area is 136 Å². The normalized spacial score (nSPS) is 10.5. The average molecular weight is 330 g/mol. The molecule has 0 atom stereocenters. The van der Waals surface area contributed by atoms with Crippen molar-refractivity contribution < 1.29 is 24.9 Å². The van der Waals surface area contributed by atoms with E-state index in [4.69, 9.17) is 0 Å². The molecule has 2 aromatic rings. The summed E-state index contributed by atoms with van der Waals surface area (Å²) in [7, 11) is 0. The Bertz CT molecular complexity index is 788. The van der Waals surface area contributed by atoms with Crippen LogP contribution < -0.4 is 5.32 Å². The third-order valence-electron chi connectivity index (χ3n) is 3.03. The first kappa shape index (κ1) is 16.8. The number of phenols is 2. The van der Waals surface area contributed by atoms with Gasteiger partial charge in [-0.3, -0.25) is 4.79 Å². The zero-order chi connectivity index (χ0) is 17.5. The third-order valence-corrected chi connectivity index (χ3v) is 3.03. The van der Waals surface area contributed by atoms with Crippen molar-refractivity contribution in [3.8, 4) is 11.5 Å². The Morgan fingerprint density at radius 3 is 2.67 bits per heavy atom. The van der Waals surface area contributed by atoms with Crippen LogP contribution in [0.1, 0.15) is 11.1 Å². The molecule has 8 heteroatoms. The van der Waals surface area contributed by atoms with Gasteiger partial charge in [0.05, 0.1) is 0 Å². The molecule has 124 valence electrons. The number of benzene rings is 2. The molecule has 0 spiro atoms. The summed E-state index contributed by atoms with van der Waals surface area (Å²) in [6.45, 7) is -0.279. The first-order valence-electron chi connectivity index (χ1n) is 6.82. The number of para-hydroxylation sites is 1. The fourth-order valence-corrected chi connectivity index (χ4v) is 1.88. The third kappa shape index (κ3) is 4.73. The number of aromatic hydroxyl groups is 2. The minimum absolute atomic E-state index is 0.253. The number of hydrogen-bond acceptors (Lipinski definition) is 6. The smallest absolute Gasteiger partial charge is 0.294 e. The summed E-state index contributed by atoms with van der Waals surface area (Å²) in [5.74, 6) is -1.01. The van der Waals surface area contributed by atoms with Crippen molar-refractivity contribution in [3.05, 3.63) is 69.8 Å². The molecule has 3 N–H and O–H groups in total. The van der Waals surface area contributed by atoms with E-state index in [0.29, 0.717) is 16.8 Å². The number of phenolic OH excluding ortho intramolecular Hbond substituents is 2. The van der Waals surface area contributed by atoms with Crippen LogP contribution >= 0.6 is 0 Å². The van der Waals surface area contributed by atoms with Crippen molar-refractivity contribution in [1.29, 1.82) is 0 Å². The molecule has 0 bridgehead atoms. The maximum atomic E-state index is 11.9. The Balaban J connectivity index is 2.05. The molecule has 0 aliphatic carbocycles. The van der Waals surface area contributed by atoms with Gasteiger partial charge in [0.2, 0.25) is 5.91 Å². The van der Waals surface area contributed by atoms with Gasteiger partial charge in [-0.2, -0.15) is 0 Å². The number of rotatable bonds is 6. The van der Waals surface area contributed by atoms with Crippen LogP contribution in [0.2, 0.25) is 0 Å². The first-order chi connectivity index (χ1) is 11.5. The molecular weight excluding hydrogens is 316 g/mol. The highest BCUT2D eigenvalue weighted by Crippen LogP contribution is 2.25. The Morgan fingerprint density at radius 2 is 1.96 bits per heavy atom. The second kappa shape index (κ2) is 7.63. The lowest BCUT2D eigenvalue weighted by atomic mass is 10.1. The second-order valence-electron chi connectivity index (χ2n) is 4.72. The molecule has 8 nitrogen and oxygen atoms in total. The Kier molecular flexibility index (Phi) is 5.35. The quantitative estimate of drug-likeness (QED) is 0.324. The Morgan fingerprint density at radius 1 is 1.21 bits per heavy atom. The zero-order valence-corrected chi connectivity index (χ0v) is 12.4. The van der Waals surface area contributed by atoms with Crippen LogP contribution in [-0.4, -0.2) is 21.2 Å². The number of hydrogen-bond donors (Lipinski definition) is 3. The second-order valence-corrected chi connectivity index (χ2v) is 4.72. The molecule has 1 amide bonds. The van der Waals surface area contributed by atoms with Crippen LogP contribution in [-0.2, 0) is 16.2 Å². The van der Waals surface area contributed by atoms with Gasteiger partial charge in [0.25, 0.3) is 5.09 Å². The predicted molar refractivity (Wildman–Crippen MR) is 85.7 cm³/mol. The number of anilines is 1. The van der Waals surface area contributed by atoms with E-state index in [-0.39, 0.29) is 18.1 Å². The van der Waals surface area contributed by atoms with Crippen molar-refractivity contribution in [3.63, 3.8) is 0 Å². The van der Waals surface area contributed by atoms with Crippen LogP contribution in [0.15, 0.2) is 48.5 Å². The van der Waals surface area contributed by atoms with Crippen molar-refractivity contribution in [2.75, 3.05) is 5.32 Å². The van der Waals surface area contributed by atoms with E-state index in [1.54, 1.807) is 24.3 Å². The summed E-state index contributed by atoms with van der Waals surface area (Å²) in [6.07, 6.45) is 2.68. The average Bonchev–Trinajstić information content (AvgIpc) is 2.55. The predicted octanol–water partition coefficient (Wildman–Crippen LogP) is 2.46. The van der Waals surface area contributed by atoms with Crippen LogP contribution in [0.3, 0.4) is 0 Å². The topological polar surface area (TPSA) is 122 Å². The molecule has 0 aliphatic heterocycles. The number of nitrogens with zero attached hydrogens (tertiary/aromatic N) is 1. The summed E-state index contributed by atoms with van der Waals surface area (Å²) in [4.78, 5) is 26.5. The van der Waals surface area contributed by atoms with E-state index < -0.39 is 11.0 Å². The lowest BCUT2D eigenvalue weighted by molar-refractivity contribution is -0.762.